The summed E-state index contributed by atoms with van der Waals surface area (Å²) < 4.78 is 39.7. The Hall–Kier alpha value is -0.790. The van der Waals surface area contributed by atoms with Gasteiger partial charge in [-0.05, 0) is 26.0 Å². The molecule has 0 spiro atoms. The third kappa shape index (κ3) is 14.5. The second-order valence-corrected chi connectivity index (χ2v) is 10.5. The molecule has 0 saturated carbocycles. The van der Waals surface area contributed by atoms with Crippen molar-refractivity contribution in [2.45, 2.75) is 18.7 Å². The van der Waals surface area contributed by atoms with Crippen LogP contribution in [0.3, 0.4) is 0 Å². The highest BCUT2D eigenvalue weighted by Crippen LogP contribution is 2.14. The second-order valence-electron chi connectivity index (χ2n) is 4.28. The molecule has 0 unspecified atom stereocenters. The summed E-state index contributed by atoms with van der Waals surface area (Å²) in [6.07, 6.45) is 0. The van der Waals surface area contributed by atoms with E-state index in [0.717, 1.165) is 5.56 Å². The maximum atomic E-state index is 10.7. The molecule has 0 aliphatic rings. The topological polar surface area (TPSA) is 68.3 Å². The van der Waals surface area contributed by atoms with Crippen LogP contribution in [0.2, 0.25) is 0 Å². The molecule has 2 aromatic rings. The quantitative estimate of drug-likeness (QED) is 0.635. The Bertz CT molecular complexity index is 780. The van der Waals surface area contributed by atoms with Crippen LogP contribution in [0.4, 0.5) is 0 Å². The predicted molar refractivity (Wildman–Crippen MR) is 96.0 cm³/mol. The lowest BCUT2D eigenvalue weighted by Gasteiger charge is -1.94. The van der Waals surface area contributed by atoms with E-state index in [2.05, 4.69) is 40.4 Å². The highest BCUT2D eigenvalue weighted by molar-refractivity contribution is 8.31. The fourth-order valence-corrected chi connectivity index (χ4v) is 2.00. The van der Waals surface area contributed by atoms with Crippen molar-refractivity contribution in [2.24, 2.45) is 0 Å². The van der Waals surface area contributed by atoms with Gasteiger partial charge in [-0.25, -0.2) is 8.42 Å². The van der Waals surface area contributed by atoms with Gasteiger partial charge in [0, 0.05) is 32.0 Å². The number of halogens is 3. The summed E-state index contributed by atoms with van der Waals surface area (Å²) >= 11 is 0. The van der Waals surface area contributed by atoms with Crippen LogP contribution in [0, 0.1) is 13.8 Å². The minimum Gasteiger partial charge on any atom is -0.207 e. The van der Waals surface area contributed by atoms with E-state index in [4.69, 9.17) is 19.1 Å². The second kappa shape index (κ2) is 10.2. The van der Waals surface area contributed by atoms with E-state index in [0.29, 0.717) is 0 Å². The first-order valence-electron chi connectivity index (χ1n) is 6.07. The summed E-state index contributed by atoms with van der Waals surface area (Å²) in [4.78, 5) is 0.143. The summed E-state index contributed by atoms with van der Waals surface area (Å²) in [6, 6.07) is 16.6. The van der Waals surface area contributed by atoms with E-state index >= 15 is 0 Å². The van der Waals surface area contributed by atoms with Crippen molar-refractivity contribution in [1.82, 2.24) is 0 Å². The van der Waals surface area contributed by atoms with Gasteiger partial charge in [-0.15, -0.1) is 0 Å². The maximum Gasteiger partial charge on any atom is 0.317 e. The van der Waals surface area contributed by atoms with Crippen LogP contribution < -0.4 is 0 Å². The Morgan fingerprint density at radius 3 is 1.26 bits per heavy atom. The maximum absolute atomic E-state index is 10.7. The molecule has 4 nitrogen and oxygen atoms in total. The Labute approximate surface area is 150 Å². The largest absolute Gasteiger partial charge is 0.317 e. The van der Waals surface area contributed by atoms with Gasteiger partial charge in [0.15, 0.2) is 0 Å². The standard InChI is InChI=1S/C7H7ClO2S.C7H8.Cl2O2S/c1-6-2-4-7(5-3-6)11(8,9)10;1-7-5-3-2-4-6-7;1-5(2,3)4/h2-5H,1H3;2-6H,1H3;. The van der Waals surface area contributed by atoms with Gasteiger partial charge in [0.2, 0.25) is 0 Å². The SMILES string of the molecule is Cc1ccc(S(=O)(=O)Cl)cc1.Cc1ccccc1.O=S(=O)(Cl)Cl. The number of hydrogen-bond donors (Lipinski definition) is 0. The van der Waals surface area contributed by atoms with Gasteiger partial charge >= 0.3 is 8.26 Å². The summed E-state index contributed by atoms with van der Waals surface area (Å²) in [5, 5.41) is 0. The zero-order valence-electron chi connectivity index (χ0n) is 12.3. The van der Waals surface area contributed by atoms with Crippen molar-refractivity contribution in [2.75, 3.05) is 0 Å². The summed E-state index contributed by atoms with van der Waals surface area (Å²) in [6.45, 7) is 3.96. The first-order valence-corrected chi connectivity index (χ1v) is 11.5. The smallest absolute Gasteiger partial charge is 0.207 e. The summed E-state index contributed by atoms with van der Waals surface area (Å²) in [7, 11) is 6.35. The molecule has 0 aliphatic heterocycles. The molecule has 0 atom stereocenters. The zero-order chi connectivity index (χ0) is 18.1. The lowest BCUT2D eigenvalue weighted by molar-refractivity contribution is 0.609. The van der Waals surface area contributed by atoms with Crippen LogP contribution in [0.5, 0.6) is 0 Å². The van der Waals surface area contributed by atoms with Crippen LogP contribution in [0.25, 0.3) is 0 Å². The third-order valence-electron chi connectivity index (χ3n) is 2.24. The molecule has 0 bridgehead atoms. The van der Waals surface area contributed by atoms with Gasteiger partial charge in [-0.1, -0.05) is 53.6 Å². The Kier molecular flexibility index (Phi) is 9.80. The van der Waals surface area contributed by atoms with Crippen molar-refractivity contribution >= 4 is 49.4 Å². The molecule has 23 heavy (non-hydrogen) atoms. The number of benzene rings is 2. The van der Waals surface area contributed by atoms with Crippen LogP contribution in [0.1, 0.15) is 11.1 Å². The highest BCUT2D eigenvalue weighted by Gasteiger charge is 2.07. The average Bonchev–Trinajstić information content (AvgIpc) is 2.38. The van der Waals surface area contributed by atoms with Gasteiger partial charge in [0.05, 0.1) is 4.90 Å². The van der Waals surface area contributed by atoms with E-state index in [9.17, 15) is 8.42 Å². The number of aryl methyl sites for hydroxylation is 2. The first-order chi connectivity index (χ1) is 10.4. The molecule has 0 fully saturated rings. The summed E-state index contributed by atoms with van der Waals surface area (Å²) in [5.74, 6) is 0. The molecule has 0 saturated heterocycles. The lowest BCUT2D eigenvalue weighted by Crippen LogP contribution is -1.89. The number of hydrogen-bond acceptors (Lipinski definition) is 4. The molecular formula is C14H15Cl3O4S2. The van der Waals surface area contributed by atoms with Crippen LogP contribution in [-0.2, 0) is 17.3 Å². The van der Waals surface area contributed by atoms with Crippen molar-refractivity contribution in [1.29, 1.82) is 0 Å². The average molecular weight is 418 g/mol. The monoisotopic (exact) mass is 416 g/mol. The fraction of sp³-hybridized carbons (Fsp3) is 0.143. The molecule has 0 heterocycles. The molecule has 2 rings (SSSR count). The molecule has 9 heteroatoms. The first kappa shape index (κ1) is 22.2. The van der Waals surface area contributed by atoms with E-state index in [1.807, 2.05) is 25.1 Å². The minimum atomic E-state index is -3.72. The molecule has 128 valence electrons. The molecular weight excluding hydrogens is 403 g/mol. The van der Waals surface area contributed by atoms with E-state index in [1.54, 1.807) is 12.1 Å². The Morgan fingerprint density at radius 1 is 0.652 bits per heavy atom. The van der Waals surface area contributed by atoms with Gasteiger partial charge in [-0.3, -0.25) is 0 Å². The molecule has 0 amide bonds. The van der Waals surface area contributed by atoms with Crippen molar-refractivity contribution in [3.63, 3.8) is 0 Å². The van der Waals surface area contributed by atoms with Crippen molar-refractivity contribution < 1.29 is 16.8 Å². The van der Waals surface area contributed by atoms with E-state index in [1.165, 1.54) is 17.7 Å². The van der Waals surface area contributed by atoms with Gasteiger partial charge in [0.1, 0.15) is 0 Å². The Morgan fingerprint density at radius 2 is 1.00 bits per heavy atom. The van der Waals surface area contributed by atoms with E-state index < -0.39 is 17.3 Å². The van der Waals surface area contributed by atoms with Crippen LogP contribution in [0.15, 0.2) is 59.5 Å². The molecule has 0 aliphatic carbocycles. The highest BCUT2D eigenvalue weighted by atomic mass is 36.0. The minimum absolute atomic E-state index is 0.143. The zero-order valence-corrected chi connectivity index (χ0v) is 16.2. The van der Waals surface area contributed by atoms with Crippen molar-refractivity contribution in [3.8, 4) is 0 Å². The van der Waals surface area contributed by atoms with E-state index in [-0.39, 0.29) is 4.90 Å². The van der Waals surface area contributed by atoms with Gasteiger partial charge < -0.3 is 0 Å². The van der Waals surface area contributed by atoms with Gasteiger partial charge in [-0.2, -0.15) is 8.42 Å². The molecule has 0 aromatic heterocycles. The van der Waals surface area contributed by atoms with Crippen LogP contribution >= 0.6 is 32.0 Å². The predicted octanol–water partition coefficient (Wildman–Crippen LogP) is 4.63. The summed E-state index contributed by atoms with van der Waals surface area (Å²) in [5.41, 5.74) is 2.33. The van der Waals surface area contributed by atoms with Crippen molar-refractivity contribution in [3.05, 3.63) is 65.7 Å². The molecule has 0 N–H and O–H groups in total. The van der Waals surface area contributed by atoms with Crippen LogP contribution in [-0.4, -0.2) is 16.8 Å². The third-order valence-corrected chi connectivity index (χ3v) is 3.61. The van der Waals surface area contributed by atoms with Gasteiger partial charge in [0.25, 0.3) is 9.05 Å². The lowest BCUT2D eigenvalue weighted by atomic mass is 10.2. The fourth-order valence-electron chi connectivity index (χ4n) is 1.24. The normalized spacial score (nSPS) is 10.7. The Balaban J connectivity index is 0.000000347. The molecule has 0 radical (unpaired) electrons. The number of rotatable bonds is 1. The molecule has 2 aromatic carbocycles.